The average molecular weight is 181 g/mol. The number of carboxylic acids is 1. The molecule has 0 aliphatic heterocycles. The minimum Gasteiger partial charge on any atom is -0.497 e. The first-order chi connectivity index (χ1) is 6.06. The third-order valence-electron chi connectivity index (χ3n) is 1.83. The molecule has 0 radical (unpaired) electrons. The fourth-order valence-corrected chi connectivity index (χ4v) is 1.06. The van der Waals surface area contributed by atoms with Crippen molar-refractivity contribution in [3.05, 3.63) is 23.3 Å². The Morgan fingerprint density at radius 3 is 2.62 bits per heavy atom. The van der Waals surface area contributed by atoms with E-state index in [1.807, 2.05) is 0 Å². The highest BCUT2D eigenvalue weighted by molar-refractivity contribution is 5.95. The second kappa shape index (κ2) is 3.35. The molecule has 0 bridgehead atoms. The van der Waals surface area contributed by atoms with Gasteiger partial charge in [0.05, 0.1) is 12.7 Å². The summed E-state index contributed by atoms with van der Waals surface area (Å²) >= 11 is 0. The van der Waals surface area contributed by atoms with Crippen LogP contribution < -0.4 is 10.5 Å². The molecule has 0 heterocycles. The van der Waals surface area contributed by atoms with Gasteiger partial charge in [0.15, 0.2) is 0 Å². The van der Waals surface area contributed by atoms with Crippen LogP contribution in [0.4, 0.5) is 5.69 Å². The maximum absolute atomic E-state index is 10.7. The second-order valence-electron chi connectivity index (χ2n) is 2.71. The van der Waals surface area contributed by atoms with E-state index in [-0.39, 0.29) is 11.3 Å². The van der Waals surface area contributed by atoms with Crippen molar-refractivity contribution in [3.8, 4) is 5.75 Å². The smallest absolute Gasteiger partial charge is 0.337 e. The molecule has 13 heavy (non-hydrogen) atoms. The van der Waals surface area contributed by atoms with Gasteiger partial charge >= 0.3 is 5.97 Å². The molecule has 3 N–H and O–H groups in total. The summed E-state index contributed by atoms with van der Waals surface area (Å²) in [5, 5.41) is 8.77. The number of anilines is 1. The lowest BCUT2D eigenvalue weighted by molar-refractivity contribution is 0.0697. The van der Waals surface area contributed by atoms with Crippen LogP contribution in [-0.2, 0) is 0 Å². The van der Waals surface area contributed by atoms with E-state index in [4.69, 9.17) is 15.6 Å². The summed E-state index contributed by atoms with van der Waals surface area (Å²) in [7, 11) is 1.48. The fraction of sp³-hybridized carbons (Fsp3) is 0.222. The number of hydrogen-bond acceptors (Lipinski definition) is 3. The van der Waals surface area contributed by atoms with Crippen molar-refractivity contribution < 1.29 is 14.6 Å². The molecule has 1 aromatic carbocycles. The number of carboxylic acid groups (broad SMARTS) is 1. The number of rotatable bonds is 2. The summed E-state index contributed by atoms with van der Waals surface area (Å²) < 4.78 is 4.92. The van der Waals surface area contributed by atoms with Gasteiger partial charge in [-0.15, -0.1) is 0 Å². The highest BCUT2D eigenvalue weighted by Gasteiger charge is 2.11. The molecule has 70 valence electrons. The number of methoxy groups -OCH3 is 1. The molecule has 0 atom stereocenters. The molecule has 1 aromatic rings. The van der Waals surface area contributed by atoms with Gasteiger partial charge in [0.2, 0.25) is 0 Å². The Labute approximate surface area is 75.9 Å². The maximum atomic E-state index is 10.7. The molecule has 0 saturated heterocycles. The predicted octanol–water partition coefficient (Wildman–Crippen LogP) is 1.28. The maximum Gasteiger partial charge on any atom is 0.337 e. The molecular formula is C9H11NO3. The van der Waals surface area contributed by atoms with E-state index in [0.717, 1.165) is 0 Å². The summed E-state index contributed by atoms with van der Waals surface area (Å²) in [5.74, 6) is -0.538. The van der Waals surface area contributed by atoms with Crippen molar-refractivity contribution >= 4 is 11.7 Å². The van der Waals surface area contributed by atoms with E-state index in [9.17, 15) is 4.79 Å². The quantitative estimate of drug-likeness (QED) is 0.674. The third-order valence-corrected chi connectivity index (χ3v) is 1.83. The summed E-state index contributed by atoms with van der Waals surface area (Å²) in [6.07, 6.45) is 0. The lowest BCUT2D eigenvalue weighted by Crippen LogP contribution is -2.04. The molecule has 4 nitrogen and oxygen atoms in total. The lowest BCUT2D eigenvalue weighted by Gasteiger charge is -2.07. The average Bonchev–Trinajstić information content (AvgIpc) is 2.09. The van der Waals surface area contributed by atoms with Crippen LogP contribution in [0.2, 0.25) is 0 Å². The molecule has 4 heteroatoms. The fourth-order valence-electron chi connectivity index (χ4n) is 1.06. The molecular weight excluding hydrogens is 170 g/mol. The Kier molecular flexibility index (Phi) is 2.41. The standard InChI is InChI=1S/C9H11NO3/c1-5-3-6(13-2)4-7(8(5)10)9(11)12/h3-4H,10H2,1-2H3,(H,11,12). The van der Waals surface area contributed by atoms with E-state index < -0.39 is 5.97 Å². The van der Waals surface area contributed by atoms with E-state index in [1.54, 1.807) is 13.0 Å². The third kappa shape index (κ3) is 1.72. The number of nitrogens with two attached hydrogens (primary N) is 1. The van der Waals surface area contributed by atoms with Gasteiger partial charge in [-0.05, 0) is 24.6 Å². The molecule has 0 aromatic heterocycles. The molecule has 0 aliphatic carbocycles. The van der Waals surface area contributed by atoms with Crippen molar-refractivity contribution in [2.24, 2.45) is 0 Å². The topological polar surface area (TPSA) is 72.5 Å². The summed E-state index contributed by atoms with van der Waals surface area (Å²) in [6.45, 7) is 1.74. The molecule has 1 rings (SSSR count). The molecule has 0 spiro atoms. The lowest BCUT2D eigenvalue weighted by atomic mass is 10.1. The van der Waals surface area contributed by atoms with Crippen LogP contribution in [0.25, 0.3) is 0 Å². The monoisotopic (exact) mass is 181 g/mol. The Morgan fingerprint density at radius 2 is 2.15 bits per heavy atom. The summed E-state index contributed by atoms with van der Waals surface area (Å²) in [6, 6.07) is 3.10. The first-order valence-electron chi connectivity index (χ1n) is 3.73. The largest absolute Gasteiger partial charge is 0.497 e. The number of carbonyl (C=O) groups is 1. The van der Waals surface area contributed by atoms with Crippen LogP contribution in [0.5, 0.6) is 5.75 Å². The van der Waals surface area contributed by atoms with Crippen LogP contribution >= 0.6 is 0 Å². The molecule has 0 amide bonds. The van der Waals surface area contributed by atoms with Crippen LogP contribution in [0.15, 0.2) is 12.1 Å². The van der Waals surface area contributed by atoms with Crippen molar-refractivity contribution in [1.29, 1.82) is 0 Å². The Bertz CT molecular complexity index is 347. The summed E-state index contributed by atoms with van der Waals surface area (Å²) in [5.41, 5.74) is 6.64. The zero-order valence-corrected chi connectivity index (χ0v) is 7.50. The van der Waals surface area contributed by atoms with E-state index in [1.165, 1.54) is 13.2 Å². The Morgan fingerprint density at radius 1 is 1.54 bits per heavy atom. The Hall–Kier alpha value is -1.71. The summed E-state index contributed by atoms with van der Waals surface area (Å²) in [4.78, 5) is 10.7. The van der Waals surface area contributed by atoms with E-state index in [0.29, 0.717) is 11.3 Å². The number of hydrogen-bond donors (Lipinski definition) is 2. The first kappa shape index (κ1) is 9.38. The number of nitrogen functional groups attached to an aromatic ring is 1. The van der Waals surface area contributed by atoms with Crippen LogP contribution in [-0.4, -0.2) is 18.2 Å². The van der Waals surface area contributed by atoms with Gasteiger partial charge in [0.25, 0.3) is 0 Å². The van der Waals surface area contributed by atoms with Crippen molar-refractivity contribution in [1.82, 2.24) is 0 Å². The van der Waals surface area contributed by atoms with Gasteiger partial charge in [-0.2, -0.15) is 0 Å². The zero-order chi connectivity index (χ0) is 10.0. The van der Waals surface area contributed by atoms with Crippen LogP contribution in [0.1, 0.15) is 15.9 Å². The van der Waals surface area contributed by atoms with Gasteiger partial charge in [-0.25, -0.2) is 4.79 Å². The number of aromatic carboxylic acids is 1. The predicted molar refractivity (Wildman–Crippen MR) is 49.1 cm³/mol. The SMILES string of the molecule is COc1cc(C)c(N)c(C(=O)O)c1. The molecule has 0 saturated carbocycles. The minimum absolute atomic E-state index is 0.0804. The van der Waals surface area contributed by atoms with Crippen LogP contribution in [0.3, 0.4) is 0 Å². The van der Waals surface area contributed by atoms with Gasteiger partial charge in [0, 0.05) is 5.69 Å². The number of aryl methyl sites for hydroxylation is 1. The van der Waals surface area contributed by atoms with E-state index >= 15 is 0 Å². The van der Waals surface area contributed by atoms with Crippen LogP contribution in [0, 0.1) is 6.92 Å². The Balaban J connectivity index is 3.33. The van der Waals surface area contributed by atoms with E-state index in [2.05, 4.69) is 0 Å². The highest BCUT2D eigenvalue weighted by atomic mass is 16.5. The second-order valence-corrected chi connectivity index (χ2v) is 2.71. The minimum atomic E-state index is -1.04. The van der Waals surface area contributed by atoms with Gasteiger partial charge in [-0.3, -0.25) is 0 Å². The molecule has 0 unspecified atom stereocenters. The molecule has 0 fully saturated rings. The first-order valence-corrected chi connectivity index (χ1v) is 3.73. The number of benzene rings is 1. The normalized spacial score (nSPS) is 9.69. The van der Waals surface area contributed by atoms with Gasteiger partial charge in [0.1, 0.15) is 5.75 Å². The van der Waals surface area contributed by atoms with Crippen molar-refractivity contribution in [3.63, 3.8) is 0 Å². The van der Waals surface area contributed by atoms with Crippen molar-refractivity contribution in [2.45, 2.75) is 6.92 Å². The number of ether oxygens (including phenoxy) is 1. The zero-order valence-electron chi connectivity index (χ0n) is 7.50. The van der Waals surface area contributed by atoms with Gasteiger partial charge in [-0.1, -0.05) is 0 Å². The van der Waals surface area contributed by atoms with Gasteiger partial charge < -0.3 is 15.6 Å². The van der Waals surface area contributed by atoms with Crippen molar-refractivity contribution in [2.75, 3.05) is 12.8 Å². The molecule has 0 aliphatic rings. The highest BCUT2D eigenvalue weighted by Crippen LogP contribution is 2.23.